The Kier molecular flexibility index (Phi) is 6.48. The number of nitro groups is 1. The molecule has 0 unspecified atom stereocenters. The van der Waals surface area contributed by atoms with Gasteiger partial charge >= 0.3 is 5.00 Å². The summed E-state index contributed by atoms with van der Waals surface area (Å²) in [6.45, 7) is 0. The molecule has 0 N–H and O–H groups in total. The molecule has 11 heteroatoms. The van der Waals surface area contributed by atoms with E-state index < -0.39 is 16.6 Å². The minimum atomic E-state index is -0.494. The first-order valence-corrected chi connectivity index (χ1v) is 12.1. The number of fused-ring (bicyclic) bond motifs is 1. The predicted octanol–water partition coefficient (Wildman–Crippen LogP) is 6.88. The van der Waals surface area contributed by atoms with Crippen molar-refractivity contribution in [2.75, 3.05) is 5.01 Å². The standard InChI is InChI=1S/C25H15FN4O4S2/c26-17-8-12-21-22(14-17)36-25(28-21)29(27-15-20-11-13-23(35-20)30(32)33)24(31)16-6-9-19(10-7-16)34-18-4-2-1-3-5-18/h1-15H/b27-15+. The van der Waals surface area contributed by atoms with Crippen molar-refractivity contribution in [2.24, 2.45) is 5.10 Å². The summed E-state index contributed by atoms with van der Waals surface area (Å²) in [7, 11) is 0. The van der Waals surface area contributed by atoms with Crippen molar-refractivity contribution in [3.63, 3.8) is 0 Å². The van der Waals surface area contributed by atoms with Crippen LogP contribution in [0, 0.1) is 15.9 Å². The van der Waals surface area contributed by atoms with Gasteiger partial charge in [0, 0.05) is 11.6 Å². The number of carbonyl (C=O) groups excluding carboxylic acids is 1. The van der Waals surface area contributed by atoms with Crippen molar-refractivity contribution in [2.45, 2.75) is 0 Å². The molecule has 0 saturated carbocycles. The quantitative estimate of drug-likeness (QED) is 0.133. The van der Waals surface area contributed by atoms with E-state index in [1.165, 1.54) is 30.5 Å². The highest BCUT2D eigenvalue weighted by molar-refractivity contribution is 7.22. The summed E-state index contributed by atoms with van der Waals surface area (Å²) >= 11 is 2.03. The average molecular weight is 519 g/mol. The van der Waals surface area contributed by atoms with E-state index in [-0.39, 0.29) is 10.1 Å². The van der Waals surface area contributed by atoms with Gasteiger partial charge in [0.25, 0.3) is 5.91 Å². The number of halogens is 1. The molecule has 178 valence electrons. The van der Waals surface area contributed by atoms with Crippen molar-refractivity contribution < 1.29 is 18.8 Å². The first kappa shape index (κ1) is 23.3. The first-order chi connectivity index (χ1) is 17.5. The molecular formula is C25H15FN4O4S2. The Labute approximate surface area is 211 Å². The van der Waals surface area contributed by atoms with Gasteiger partial charge in [-0.15, -0.1) is 0 Å². The highest BCUT2D eigenvalue weighted by Gasteiger charge is 2.22. The highest BCUT2D eigenvalue weighted by atomic mass is 32.1. The molecule has 1 amide bonds. The number of amides is 1. The summed E-state index contributed by atoms with van der Waals surface area (Å²) in [5.41, 5.74) is 0.831. The minimum absolute atomic E-state index is 0.0428. The van der Waals surface area contributed by atoms with Gasteiger partial charge in [0.05, 0.1) is 26.2 Å². The lowest BCUT2D eigenvalue weighted by molar-refractivity contribution is -0.380. The Hall–Kier alpha value is -4.48. The van der Waals surface area contributed by atoms with Gasteiger partial charge in [-0.3, -0.25) is 14.9 Å². The Morgan fingerprint density at radius 1 is 1.00 bits per heavy atom. The molecule has 5 aromatic rings. The molecule has 36 heavy (non-hydrogen) atoms. The van der Waals surface area contributed by atoms with Gasteiger partial charge in [-0.2, -0.15) is 10.1 Å². The molecule has 0 aliphatic carbocycles. The number of aromatic nitrogens is 1. The molecule has 8 nitrogen and oxygen atoms in total. The Balaban J connectivity index is 1.46. The summed E-state index contributed by atoms with van der Waals surface area (Å²) in [4.78, 5) is 28.9. The molecule has 0 atom stereocenters. The summed E-state index contributed by atoms with van der Waals surface area (Å²) < 4.78 is 20.0. The fourth-order valence-corrected chi connectivity index (χ4v) is 4.84. The van der Waals surface area contributed by atoms with Gasteiger partial charge in [-0.25, -0.2) is 9.37 Å². The summed E-state index contributed by atoms with van der Waals surface area (Å²) in [5.74, 6) is 0.311. The number of benzene rings is 3. The number of carbonyl (C=O) groups is 1. The van der Waals surface area contributed by atoms with Crippen LogP contribution < -0.4 is 9.75 Å². The molecule has 0 aliphatic heterocycles. The fourth-order valence-electron chi connectivity index (χ4n) is 3.20. The highest BCUT2D eigenvalue weighted by Crippen LogP contribution is 2.31. The van der Waals surface area contributed by atoms with Gasteiger partial charge in [0.1, 0.15) is 17.3 Å². The van der Waals surface area contributed by atoms with Crippen LogP contribution >= 0.6 is 22.7 Å². The Morgan fingerprint density at radius 3 is 2.47 bits per heavy atom. The third-order valence-electron chi connectivity index (χ3n) is 4.89. The Bertz CT molecular complexity index is 1580. The molecule has 0 aliphatic rings. The van der Waals surface area contributed by atoms with Crippen molar-refractivity contribution in [1.29, 1.82) is 0 Å². The van der Waals surface area contributed by atoms with Crippen molar-refractivity contribution in [3.8, 4) is 11.5 Å². The van der Waals surface area contributed by atoms with Crippen LogP contribution in [0.5, 0.6) is 11.5 Å². The molecular weight excluding hydrogens is 503 g/mol. The zero-order chi connectivity index (χ0) is 25.1. The van der Waals surface area contributed by atoms with E-state index >= 15 is 0 Å². The predicted molar refractivity (Wildman–Crippen MR) is 138 cm³/mol. The fraction of sp³-hybridized carbons (Fsp3) is 0. The molecule has 0 bridgehead atoms. The maximum absolute atomic E-state index is 13.7. The monoisotopic (exact) mass is 518 g/mol. The third kappa shape index (κ3) is 5.11. The number of thiazole rings is 1. The zero-order valence-electron chi connectivity index (χ0n) is 18.3. The van der Waals surface area contributed by atoms with Crippen LogP contribution in [0.2, 0.25) is 0 Å². The third-order valence-corrected chi connectivity index (χ3v) is 6.85. The zero-order valence-corrected chi connectivity index (χ0v) is 19.9. The molecule has 3 aromatic carbocycles. The van der Waals surface area contributed by atoms with E-state index in [9.17, 15) is 19.3 Å². The maximum atomic E-state index is 13.7. The summed E-state index contributed by atoms with van der Waals surface area (Å²) in [6, 6.07) is 22.8. The summed E-state index contributed by atoms with van der Waals surface area (Å²) in [5, 5.41) is 16.6. The van der Waals surface area contributed by atoms with E-state index in [1.54, 1.807) is 30.3 Å². The van der Waals surface area contributed by atoms with E-state index in [1.807, 2.05) is 30.3 Å². The normalized spacial score (nSPS) is 11.1. The number of thiophene rings is 1. The van der Waals surface area contributed by atoms with Gasteiger partial charge in [0.2, 0.25) is 5.13 Å². The molecule has 0 fully saturated rings. The number of rotatable bonds is 7. The molecule has 0 radical (unpaired) electrons. The largest absolute Gasteiger partial charge is 0.457 e. The van der Waals surface area contributed by atoms with E-state index in [4.69, 9.17) is 4.74 Å². The van der Waals surface area contributed by atoms with Crippen molar-refractivity contribution in [1.82, 2.24) is 4.98 Å². The topological polar surface area (TPSA) is 97.9 Å². The molecule has 5 rings (SSSR count). The van der Waals surface area contributed by atoms with Crippen LogP contribution in [0.1, 0.15) is 15.2 Å². The lowest BCUT2D eigenvalue weighted by Gasteiger charge is -2.14. The average Bonchev–Trinajstić information content (AvgIpc) is 3.52. The molecule has 2 aromatic heterocycles. The second-order valence-electron chi connectivity index (χ2n) is 7.34. The first-order valence-electron chi connectivity index (χ1n) is 10.5. The van der Waals surface area contributed by atoms with E-state index in [2.05, 4.69) is 10.1 Å². The van der Waals surface area contributed by atoms with Crippen LogP contribution in [0.4, 0.5) is 14.5 Å². The van der Waals surface area contributed by atoms with Crippen LogP contribution in [-0.4, -0.2) is 22.0 Å². The van der Waals surface area contributed by atoms with E-state index in [0.717, 1.165) is 27.7 Å². The van der Waals surface area contributed by atoms with Crippen LogP contribution in [-0.2, 0) is 0 Å². The molecule has 0 spiro atoms. The van der Waals surface area contributed by atoms with Gasteiger partial charge < -0.3 is 4.74 Å². The number of hydrogen-bond acceptors (Lipinski definition) is 8. The molecule has 0 saturated heterocycles. The maximum Gasteiger partial charge on any atom is 0.324 e. The smallest absolute Gasteiger partial charge is 0.324 e. The van der Waals surface area contributed by atoms with Crippen LogP contribution in [0.3, 0.4) is 0 Å². The number of nitrogens with zero attached hydrogens (tertiary/aromatic N) is 4. The van der Waals surface area contributed by atoms with Gasteiger partial charge in [-0.05, 0) is 60.7 Å². The van der Waals surface area contributed by atoms with Crippen molar-refractivity contribution >= 4 is 55.1 Å². The second kappa shape index (κ2) is 10.0. The molecule has 2 heterocycles. The Morgan fingerprint density at radius 2 is 1.75 bits per heavy atom. The number of ether oxygens (including phenoxy) is 1. The minimum Gasteiger partial charge on any atom is -0.457 e. The number of hydrogen-bond donors (Lipinski definition) is 0. The van der Waals surface area contributed by atoms with Gasteiger partial charge in [0.15, 0.2) is 0 Å². The lowest BCUT2D eigenvalue weighted by atomic mass is 10.2. The van der Waals surface area contributed by atoms with Gasteiger partial charge in [-0.1, -0.05) is 40.9 Å². The lowest BCUT2D eigenvalue weighted by Crippen LogP contribution is -2.25. The number of anilines is 1. The van der Waals surface area contributed by atoms with Crippen molar-refractivity contribution in [3.05, 3.63) is 111 Å². The number of hydrazone groups is 1. The number of para-hydroxylation sites is 1. The summed E-state index contributed by atoms with van der Waals surface area (Å²) in [6.07, 6.45) is 1.36. The van der Waals surface area contributed by atoms with E-state index in [0.29, 0.717) is 32.2 Å². The SMILES string of the molecule is O=C(c1ccc(Oc2ccccc2)cc1)N(/N=C/c1ccc([N+](=O)[O-])s1)c1nc2ccc(F)cc2s1. The van der Waals surface area contributed by atoms with Crippen LogP contribution in [0.25, 0.3) is 10.2 Å². The second-order valence-corrected chi connectivity index (χ2v) is 9.45. The van der Waals surface area contributed by atoms with Crippen LogP contribution in [0.15, 0.2) is 90.0 Å².